The Morgan fingerprint density at radius 3 is 2.56 bits per heavy atom. The predicted octanol–water partition coefficient (Wildman–Crippen LogP) is 0.264. The van der Waals surface area contributed by atoms with Crippen molar-refractivity contribution in [1.82, 2.24) is 10.3 Å². The Morgan fingerprint density at radius 1 is 1.50 bits per heavy atom. The maximum atomic E-state index is 11.7. The van der Waals surface area contributed by atoms with Crippen LogP contribution in [-0.4, -0.2) is 27.6 Å². The van der Waals surface area contributed by atoms with Gasteiger partial charge in [-0.25, -0.2) is 0 Å². The first-order chi connectivity index (χ1) is 7.33. The summed E-state index contributed by atoms with van der Waals surface area (Å²) in [5.41, 5.74) is -0.618. The Balaban J connectivity index is 2.80. The van der Waals surface area contributed by atoms with Crippen molar-refractivity contribution in [1.29, 1.82) is 0 Å². The zero-order valence-corrected chi connectivity index (χ0v) is 9.57. The number of H-pyrrole nitrogens is 1. The molecule has 0 fully saturated rings. The van der Waals surface area contributed by atoms with Crippen LogP contribution in [0.15, 0.2) is 23.1 Å². The second kappa shape index (κ2) is 4.49. The van der Waals surface area contributed by atoms with E-state index >= 15 is 0 Å². The lowest BCUT2D eigenvalue weighted by Gasteiger charge is -2.29. The van der Waals surface area contributed by atoms with E-state index in [1.54, 1.807) is 20.8 Å². The van der Waals surface area contributed by atoms with Crippen LogP contribution >= 0.6 is 0 Å². The van der Waals surface area contributed by atoms with E-state index in [1.165, 1.54) is 18.3 Å². The number of aromatic amines is 1. The van der Waals surface area contributed by atoms with E-state index in [4.69, 9.17) is 0 Å². The zero-order chi connectivity index (χ0) is 12.3. The molecule has 1 aromatic rings. The van der Waals surface area contributed by atoms with Gasteiger partial charge in [0, 0.05) is 12.3 Å². The van der Waals surface area contributed by atoms with Crippen LogP contribution in [0.1, 0.15) is 31.1 Å². The molecule has 0 radical (unpaired) electrons. The highest BCUT2D eigenvalue weighted by Gasteiger charge is 2.26. The molecule has 1 aromatic heterocycles. The summed E-state index contributed by atoms with van der Waals surface area (Å²) in [6.45, 7) is 5.05. The molecular formula is C11H16N2O3. The van der Waals surface area contributed by atoms with Crippen molar-refractivity contribution in [2.45, 2.75) is 32.4 Å². The molecule has 1 heterocycles. The van der Waals surface area contributed by atoms with E-state index in [0.29, 0.717) is 5.56 Å². The normalized spacial score (nSPS) is 13.2. The molecule has 0 aliphatic rings. The van der Waals surface area contributed by atoms with E-state index in [-0.39, 0.29) is 11.5 Å². The van der Waals surface area contributed by atoms with Crippen molar-refractivity contribution >= 4 is 5.91 Å². The van der Waals surface area contributed by atoms with Crippen LogP contribution < -0.4 is 10.9 Å². The van der Waals surface area contributed by atoms with Gasteiger partial charge < -0.3 is 15.4 Å². The summed E-state index contributed by atoms with van der Waals surface area (Å²) in [6.07, 6.45) is 0.676. The number of hydrogen-bond donors (Lipinski definition) is 3. The molecule has 3 N–H and O–H groups in total. The van der Waals surface area contributed by atoms with E-state index in [0.717, 1.165) is 0 Å². The smallest absolute Gasteiger partial charge is 0.253 e. The summed E-state index contributed by atoms with van der Waals surface area (Å²) in [6, 6.07) is 2.72. The van der Waals surface area contributed by atoms with Gasteiger partial charge in [-0.15, -0.1) is 0 Å². The second-order valence-electron chi connectivity index (χ2n) is 4.29. The van der Waals surface area contributed by atoms with Gasteiger partial charge in [-0.05, 0) is 26.8 Å². The number of carbonyl (C=O) groups is 1. The molecule has 1 unspecified atom stereocenters. The zero-order valence-electron chi connectivity index (χ0n) is 9.57. The highest BCUT2D eigenvalue weighted by molar-refractivity contribution is 5.94. The molecule has 16 heavy (non-hydrogen) atoms. The Kier molecular flexibility index (Phi) is 3.49. The van der Waals surface area contributed by atoms with E-state index < -0.39 is 11.6 Å². The van der Waals surface area contributed by atoms with Crippen LogP contribution in [-0.2, 0) is 0 Å². The average molecular weight is 224 g/mol. The summed E-state index contributed by atoms with van der Waals surface area (Å²) in [5, 5.41) is 12.1. The van der Waals surface area contributed by atoms with Gasteiger partial charge in [0.2, 0.25) is 5.56 Å². The maximum Gasteiger partial charge on any atom is 0.253 e. The highest BCUT2D eigenvalue weighted by atomic mass is 16.3. The molecule has 1 atom stereocenters. The lowest BCUT2D eigenvalue weighted by Crippen LogP contribution is -2.51. The predicted molar refractivity (Wildman–Crippen MR) is 60.3 cm³/mol. The largest absolute Gasteiger partial charge is 0.391 e. The van der Waals surface area contributed by atoms with Crippen LogP contribution in [0.2, 0.25) is 0 Å². The Hall–Kier alpha value is -1.62. The number of nitrogens with one attached hydrogen (secondary N) is 2. The van der Waals surface area contributed by atoms with Gasteiger partial charge in [-0.2, -0.15) is 0 Å². The molecule has 88 valence electrons. The van der Waals surface area contributed by atoms with Gasteiger partial charge >= 0.3 is 0 Å². The van der Waals surface area contributed by atoms with Crippen LogP contribution in [0.3, 0.4) is 0 Å². The highest BCUT2D eigenvalue weighted by Crippen LogP contribution is 2.09. The van der Waals surface area contributed by atoms with Crippen molar-refractivity contribution in [3.8, 4) is 0 Å². The van der Waals surface area contributed by atoms with Crippen LogP contribution in [0, 0.1) is 0 Å². The monoisotopic (exact) mass is 224 g/mol. The number of hydrogen-bond acceptors (Lipinski definition) is 3. The van der Waals surface area contributed by atoms with Gasteiger partial charge in [0.25, 0.3) is 5.91 Å². The van der Waals surface area contributed by atoms with Gasteiger partial charge in [0.05, 0.1) is 17.2 Å². The third-order valence-electron chi connectivity index (χ3n) is 2.53. The molecule has 5 nitrogen and oxygen atoms in total. The first-order valence-electron chi connectivity index (χ1n) is 5.02. The van der Waals surface area contributed by atoms with Crippen molar-refractivity contribution in [3.05, 3.63) is 34.2 Å². The van der Waals surface area contributed by atoms with E-state index in [1.807, 2.05) is 0 Å². The van der Waals surface area contributed by atoms with Gasteiger partial charge in [-0.1, -0.05) is 0 Å². The van der Waals surface area contributed by atoms with Crippen molar-refractivity contribution < 1.29 is 9.90 Å². The van der Waals surface area contributed by atoms with Gasteiger partial charge in [-0.3, -0.25) is 9.59 Å². The number of carbonyl (C=O) groups excluding carboxylic acids is 1. The van der Waals surface area contributed by atoms with Gasteiger partial charge in [0.15, 0.2) is 0 Å². The van der Waals surface area contributed by atoms with Crippen molar-refractivity contribution in [3.63, 3.8) is 0 Å². The van der Waals surface area contributed by atoms with Crippen LogP contribution in [0.4, 0.5) is 0 Å². The number of amides is 1. The fourth-order valence-corrected chi connectivity index (χ4v) is 1.02. The maximum absolute atomic E-state index is 11.7. The first kappa shape index (κ1) is 12.4. The Morgan fingerprint density at radius 2 is 2.12 bits per heavy atom. The molecule has 0 spiro atoms. The number of aliphatic hydroxyl groups is 1. The lowest BCUT2D eigenvalue weighted by molar-refractivity contribution is 0.0709. The van der Waals surface area contributed by atoms with Gasteiger partial charge in [0.1, 0.15) is 0 Å². The Labute approximate surface area is 93.5 Å². The minimum atomic E-state index is -0.715. The van der Waals surface area contributed by atoms with E-state index in [2.05, 4.69) is 10.3 Å². The van der Waals surface area contributed by atoms with Crippen LogP contribution in [0.5, 0.6) is 0 Å². The minimum Gasteiger partial charge on any atom is -0.391 e. The molecular weight excluding hydrogens is 208 g/mol. The molecule has 0 aromatic carbocycles. The van der Waals surface area contributed by atoms with E-state index in [9.17, 15) is 14.7 Å². The van der Waals surface area contributed by atoms with Crippen LogP contribution in [0.25, 0.3) is 0 Å². The minimum absolute atomic E-state index is 0.258. The number of rotatable bonds is 3. The molecule has 0 bridgehead atoms. The summed E-state index contributed by atoms with van der Waals surface area (Å²) in [4.78, 5) is 25.0. The Bertz CT molecular complexity index is 415. The fourth-order valence-electron chi connectivity index (χ4n) is 1.02. The molecule has 1 rings (SSSR count). The standard InChI is InChI=1S/C11H16N2O3/c1-7(14)11(2,3)13-10(16)8-4-5-9(15)12-6-8/h4-7,14H,1-3H3,(H,12,15)(H,13,16). The molecule has 0 aliphatic carbocycles. The summed E-state index contributed by atoms with van der Waals surface area (Å²) in [5.74, 6) is -0.331. The second-order valence-corrected chi connectivity index (χ2v) is 4.29. The average Bonchev–Trinajstić information content (AvgIpc) is 2.17. The molecule has 0 saturated heterocycles. The van der Waals surface area contributed by atoms with Crippen molar-refractivity contribution in [2.75, 3.05) is 0 Å². The fraction of sp³-hybridized carbons (Fsp3) is 0.455. The molecule has 5 heteroatoms. The number of pyridine rings is 1. The SMILES string of the molecule is CC(O)C(C)(C)NC(=O)c1ccc(=O)[nH]c1. The summed E-state index contributed by atoms with van der Waals surface area (Å²) in [7, 11) is 0. The summed E-state index contributed by atoms with van der Waals surface area (Å²) >= 11 is 0. The molecule has 0 aliphatic heterocycles. The third-order valence-corrected chi connectivity index (χ3v) is 2.53. The lowest BCUT2D eigenvalue weighted by atomic mass is 9.98. The number of aromatic nitrogens is 1. The topological polar surface area (TPSA) is 82.2 Å². The molecule has 0 saturated carbocycles. The quantitative estimate of drug-likeness (QED) is 0.689. The number of aliphatic hydroxyl groups excluding tert-OH is 1. The van der Waals surface area contributed by atoms with Crippen molar-refractivity contribution in [2.24, 2.45) is 0 Å². The third kappa shape index (κ3) is 2.93. The summed E-state index contributed by atoms with van der Waals surface area (Å²) < 4.78 is 0. The first-order valence-corrected chi connectivity index (χ1v) is 5.02. The molecule has 1 amide bonds.